The molecular weight excluding hydrogens is 362 g/mol. The molecular formula is C20H19N3O3S. The number of benzene rings is 2. The van der Waals surface area contributed by atoms with Crippen LogP contribution in [-0.4, -0.2) is 26.2 Å². The zero-order valence-electron chi connectivity index (χ0n) is 14.7. The van der Waals surface area contributed by atoms with E-state index in [1.165, 1.54) is 18.3 Å². The van der Waals surface area contributed by atoms with E-state index in [0.717, 1.165) is 11.3 Å². The summed E-state index contributed by atoms with van der Waals surface area (Å²) in [7, 11) is -3.66. The van der Waals surface area contributed by atoms with Gasteiger partial charge in [-0.3, -0.25) is 14.7 Å². The summed E-state index contributed by atoms with van der Waals surface area (Å²) >= 11 is 0. The Morgan fingerprint density at radius 3 is 2.44 bits per heavy atom. The maximum atomic E-state index is 12.4. The molecule has 0 fully saturated rings. The van der Waals surface area contributed by atoms with Crippen LogP contribution in [0.25, 0.3) is 0 Å². The van der Waals surface area contributed by atoms with Gasteiger partial charge >= 0.3 is 0 Å². The molecule has 0 saturated heterocycles. The van der Waals surface area contributed by atoms with Crippen LogP contribution in [0.15, 0.2) is 82.9 Å². The fraction of sp³-hybridized carbons (Fsp3) is 0.100. The molecule has 0 unspecified atom stereocenters. The van der Waals surface area contributed by atoms with Crippen molar-refractivity contribution in [3.8, 4) is 5.75 Å². The van der Waals surface area contributed by atoms with E-state index in [0.29, 0.717) is 18.0 Å². The summed E-state index contributed by atoms with van der Waals surface area (Å²) in [6, 6.07) is 17.2. The molecule has 0 spiro atoms. The third-order valence-corrected chi connectivity index (χ3v) is 5.01. The number of hydrogen-bond acceptors (Lipinski definition) is 5. The zero-order valence-corrected chi connectivity index (χ0v) is 15.6. The average molecular weight is 381 g/mol. The summed E-state index contributed by atoms with van der Waals surface area (Å²) in [5.41, 5.74) is 1.99. The standard InChI is InChI=1S/C20H19N3O3S/c1-2-26-19-9-5-16(6-10-19)14-22-17-7-11-20(12-8-17)27(24,25)23-18-4-3-13-21-15-18/h3-15,23H,2H2,1H3. The van der Waals surface area contributed by atoms with E-state index in [-0.39, 0.29) is 4.90 Å². The highest BCUT2D eigenvalue weighted by Crippen LogP contribution is 2.19. The van der Waals surface area contributed by atoms with Gasteiger partial charge in [0.25, 0.3) is 10.0 Å². The molecule has 0 aliphatic carbocycles. The van der Waals surface area contributed by atoms with Crippen LogP contribution < -0.4 is 9.46 Å². The Labute approximate surface area is 158 Å². The fourth-order valence-electron chi connectivity index (χ4n) is 2.31. The Balaban J connectivity index is 1.69. The lowest BCUT2D eigenvalue weighted by atomic mass is 10.2. The molecule has 0 atom stereocenters. The third-order valence-electron chi connectivity index (χ3n) is 3.61. The Hall–Kier alpha value is -3.19. The fourth-order valence-corrected chi connectivity index (χ4v) is 3.36. The zero-order chi connectivity index (χ0) is 19.1. The molecule has 0 bridgehead atoms. The normalized spacial score (nSPS) is 11.4. The van der Waals surface area contributed by atoms with E-state index < -0.39 is 10.0 Å². The van der Waals surface area contributed by atoms with E-state index in [9.17, 15) is 8.42 Å². The molecule has 1 aromatic heterocycles. The van der Waals surface area contributed by atoms with E-state index in [2.05, 4.69) is 14.7 Å². The Bertz CT molecular complexity index is 1000. The first-order valence-electron chi connectivity index (χ1n) is 8.37. The molecule has 0 saturated carbocycles. The van der Waals surface area contributed by atoms with Crippen LogP contribution in [0, 0.1) is 0 Å². The van der Waals surface area contributed by atoms with Crippen molar-refractivity contribution < 1.29 is 13.2 Å². The maximum absolute atomic E-state index is 12.4. The van der Waals surface area contributed by atoms with Crippen molar-refractivity contribution in [3.05, 3.63) is 78.6 Å². The minimum atomic E-state index is -3.66. The van der Waals surface area contributed by atoms with Crippen LogP contribution in [0.1, 0.15) is 12.5 Å². The van der Waals surface area contributed by atoms with Gasteiger partial charge in [0.15, 0.2) is 0 Å². The van der Waals surface area contributed by atoms with Gasteiger partial charge in [0.1, 0.15) is 5.75 Å². The van der Waals surface area contributed by atoms with Gasteiger partial charge < -0.3 is 4.74 Å². The lowest BCUT2D eigenvalue weighted by molar-refractivity contribution is 0.340. The average Bonchev–Trinajstić information content (AvgIpc) is 2.68. The van der Waals surface area contributed by atoms with Gasteiger partial charge in [-0.2, -0.15) is 0 Å². The molecule has 0 aliphatic heterocycles. The lowest BCUT2D eigenvalue weighted by Gasteiger charge is -2.07. The second-order valence-electron chi connectivity index (χ2n) is 5.60. The molecule has 1 N–H and O–H groups in total. The number of nitrogens with zero attached hydrogens (tertiary/aromatic N) is 2. The van der Waals surface area contributed by atoms with Crippen LogP contribution in [0.3, 0.4) is 0 Å². The first kappa shape index (κ1) is 18.6. The number of nitrogens with one attached hydrogen (secondary N) is 1. The molecule has 1 heterocycles. The topological polar surface area (TPSA) is 80.6 Å². The van der Waals surface area contributed by atoms with Crippen LogP contribution in [0.4, 0.5) is 11.4 Å². The SMILES string of the molecule is CCOc1ccc(C=Nc2ccc(S(=O)(=O)Nc3cccnc3)cc2)cc1. The molecule has 0 radical (unpaired) electrons. The highest BCUT2D eigenvalue weighted by Gasteiger charge is 2.13. The molecule has 3 rings (SSSR count). The number of aromatic nitrogens is 1. The number of anilines is 1. The van der Waals surface area contributed by atoms with E-state index in [1.807, 2.05) is 31.2 Å². The second kappa shape index (κ2) is 8.46. The molecule has 27 heavy (non-hydrogen) atoms. The highest BCUT2D eigenvalue weighted by atomic mass is 32.2. The van der Waals surface area contributed by atoms with Gasteiger partial charge in [0.05, 0.1) is 29.1 Å². The van der Waals surface area contributed by atoms with Crippen molar-refractivity contribution in [1.82, 2.24) is 4.98 Å². The second-order valence-corrected chi connectivity index (χ2v) is 7.28. The Morgan fingerprint density at radius 2 is 1.81 bits per heavy atom. The number of pyridine rings is 1. The number of rotatable bonds is 7. The summed E-state index contributed by atoms with van der Waals surface area (Å²) in [6.07, 6.45) is 4.75. The summed E-state index contributed by atoms with van der Waals surface area (Å²) < 4.78 is 32.7. The van der Waals surface area contributed by atoms with Gasteiger partial charge in [0, 0.05) is 12.4 Å². The summed E-state index contributed by atoms with van der Waals surface area (Å²) in [6.45, 7) is 2.56. The smallest absolute Gasteiger partial charge is 0.261 e. The van der Waals surface area contributed by atoms with Crippen molar-refractivity contribution in [2.45, 2.75) is 11.8 Å². The summed E-state index contributed by atoms with van der Waals surface area (Å²) in [5.74, 6) is 0.810. The molecule has 2 aromatic carbocycles. The number of ether oxygens (including phenoxy) is 1. The lowest BCUT2D eigenvalue weighted by Crippen LogP contribution is -2.12. The molecule has 138 valence electrons. The first-order chi connectivity index (χ1) is 13.1. The highest BCUT2D eigenvalue weighted by molar-refractivity contribution is 7.92. The predicted molar refractivity (Wildman–Crippen MR) is 106 cm³/mol. The molecule has 0 amide bonds. The Morgan fingerprint density at radius 1 is 1.07 bits per heavy atom. The van der Waals surface area contributed by atoms with Gasteiger partial charge in [-0.1, -0.05) is 0 Å². The van der Waals surface area contributed by atoms with Crippen molar-refractivity contribution >= 4 is 27.6 Å². The largest absolute Gasteiger partial charge is 0.494 e. The maximum Gasteiger partial charge on any atom is 0.261 e. The van der Waals surface area contributed by atoms with Crippen LogP contribution in [-0.2, 0) is 10.0 Å². The summed E-state index contributed by atoms with van der Waals surface area (Å²) in [4.78, 5) is 8.42. The number of sulfonamides is 1. The third kappa shape index (κ3) is 5.15. The Kier molecular flexibility index (Phi) is 5.83. The number of aliphatic imine (C=N–C) groups is 1. The van der Waals surface area contributed by atoms with Crippen molar-refractivity contribution in [2.24, 2.45) is 4.99 Å². The van der Waals surface area contributed by atoms with Crippen molar-refractivity contribution in [2.75, 3.05) is 11.3 Å². The monoisotopic (exact) mass is 381 g/mol. The number of hydrogen-bond donors (Lipinski definition) is 1. The van der Waals surface area contributed by atoms with Crippen LogP contribution in [0.2, 0.25) is 0 Å². The first-order valence-corrected chi connectivity index (χ1v) is 9.85. The molecule has 6 nitrogen and oxygen atoms in total. The predicted octanol–water partition coefficient (Wildman–Crippen LogP) is 4.03. The summed E-state index contributed by atoms with van der Waals surface area (Å²) in [5, 5.41) is 0. The quantitative estimate of drug-likeness (QED) is 0.627. The van der Waals surface area contributed by atoms with E-state index in [1.54, 1.807) is 36.7 Å². The van der Waals surface area contributed by atoms with Crippen LogP contribution >= 0.6 is 0 Å². The van der Waals surface area contributed by atoms with Gasteiger partial charge in [0.2, 0.25) is 0 Å². The van der Waals surface area contributed by atoms with E-state index in [4.69, 9.17) is 4.74 Å². The molecule has 7 heteroatoms. The molecule has 3 aromatic rings. The minimum Gasteiger partial charge on any atom is -0.494 e. The minimum absolute atomic E-state index is 0.159. The van der Waals surface area contributed by atoms with Gasteiger partial charge in [-0.05, 0) is 73.2 Å². The van der Waals surface area contributed by atoms with Gasteiger partial charge in [-0.15, -0.1) is 0 Å². The van der Waals surface area contributed by atoms with E-state index >= 15 is 0 Å². The van der Waals surface area contributed by atoms with Gasteiger partial charge in [-0.25, -0.2) is 8.42 Å². The van der Waals surface area contributed by atoms with Crippen molar-refractivity contribution in [1.29, 1.82) is 0 Å². The van der Waals surface area contributed by atoms with Crippen LogP contribution in [0.5, 0.6) is 5.75 Å². The van der Waals surface area contributed by atoms with Crippen molar-refractivity contribution in [3.63, 3.8) is 0 Å². The molecule has 0 aliphatic rings.